The maximum absolute atomic E-state index is 15.7. The molecule has 4 fully saturated rings. The van der Waals surface area contributed by atoms with E-state index in [2.05, 4.69) is 13.8 Å². The summed E-state index contributed by atoms with van der Waals surface area (Å²) in [7, 11) is 0. The van der Waals surface area contributed by atoms with Crippen molar-refractivity contribution in [3.8, 4) is 0 Å². The smallest absolute Gasteiger partial charge is 0.151 e. The Hall–Kier alpha value is -0.400. The molecular weight excluding hydrogens is 371 g/mol. The van der Waals surface area contributed by atoms with E-state index in [0.717, 1.165) is 75.0 Å². The summed E-state index contributed by atoms with van der Waals surface area (Å²) in [6, 6.07) is 0. The summed E-state index contributed by atoms with van der Waals surface area (Å²) >= 11 is 0. The van der Waals surface area contributed by atoms with Crippen molar-refractivity contribution in [1.82, 2.24) is 0 Å². The van der Waals surface area contributed by atoms with Gasteiger partial charge in [-0.2, -0.15) is 0 Å². The molecule has 2 spiro atoms. The average molecular weight is 419 g/mol. The fourth-order valence-corrected chi connectivity index (χ4v) is 8.18. The van der Waals surface area contributed by atoms with Crippen LogP contribution in [0.1, 0.15) is 129 Å². The first-order valence-electron chi connectivity index (χ1n) is 13.7. The molecule has 172 valence electrons. The first kappa shape index (κ1) is 22.8. The number of carbonyl (C=O) groups is 1. The number of unbranched alkanes of at least 4 members (excludes halogenated alkanes) is 2. The number of alkyl halides is 1. The first-order valence-corrected chi connectivity index (χ1v) is 13.7. The highest BCUT2D eigenvalue weighted by atomic mass is 19.1. The molecule has 30 heavy (non-hydrogen) atoms. The lowest BCUT2D eigenvalue weighted by molar-refractivity contribution is -0.194. The molecule has 1 atom stereocenters. The number of halogens is 1. The second-order valence-corrected chi connectivity index (χ2v) is 11.9. The number of carbonyl (C=O) groups excluding carboxylic acids is 1. The number of hydrogen-bond acceptors (Lipinski definition) is 1. The van der Waals surface area contributed by atoms with Crippen LogP contribution in [0.4, 0.5) is 4.39 Å². The van der Waals surface area contributed by atoms with Gasteiger partial charge < -0.3 is 0 Å². The molecule has 2 heteroatoms. The lowest BCUT2D eigenvalue weighted by Gasteiger charge is -2.61. The summed E-state index contributed by atoms with van der Waals surface area (Å²) in [5.41, 5.74) is -1.13. The summed E-state index contributed by atoms with van der Waals surface area (Å²) in [6.07, 6.45) is 20.5. The maximum Gasteiger partial charge on any atom is 0.151 e. The van der Waals surface area contributed by atoms with Gasteiger partial charge in [-0.3, -0.25) is 4.79 Å². The summed E-state index contributed by atoms with van der Waals surface area (Å²) in [6.45, 7) is 4.54. The van der Waals surface area contributed by atoms with Crippen molar-refractivity contribution in [3.05, 3.63) is 0 Å². The molecule has 4 rings (SSSR count). The van der Waals surface area contributed by atoms with Crippen molar-refractivity contribution in [2.45, 2.75) is 136 Å². The zero-order valence-corrected chi connectivity index (χ0v) is 19.9. The maximum atomic E-state index is 15.7. The number of Topliss-reactive ketones (excluding diaryl/α,β-unsaturated/α-hetero) is 1. The highest BCUT2D eigenvalue weighted by Gasteiger charge is 2.71. The normalized spacial score (nSPS) is 44.4. The molecule has 0 radical (unpaired) electrons. The van der Waals surface area contributed by atoms with Crippen molar-refractivity contribution in [2.75, 3.05) is 0 Å². The predicted molar refractivity (Wildman–Crippen MR) is 123 cm³/mol. The molecule has 4 aliphatic rings. The molecular formula is C28H47FO. The van der Waals surface area contributed by atoms with Crippen LogP contribution in [0, 0.1) is 34.5 Å². The summed E-state index contributed by atoms with van der Waals surface area (Å²) in [4.78, 5) is 13.4. The van der Waals surface area contributed by atoms with Crippen LogP contribution in [0.5, 0.6) is 0 Å². The Labute approximate surface area is 185 Å². The summed E-state index contributed by atoms with van der Waals surface area (Å²) in [5, 5.41) is 0. The molecule has 4 saturated carbocycles. The third kappa shape index (κ3) is 4.03. The Kier molecular flexibility index (Phi) is 7.30. The second kappa shape index (κ2) is 9.62. The molecule has 0 saturated heterocycles. The number of ketones is 1. The van der Waals surface area contributed by atoms with Gasteiger partial charge in [0.2, 0.25) is 0 Å². The monoisotopic (exact) mass is 418 g/mol. The van der Waals surface area contributed by atoms with Gasteiger partial charge in [0.15, 0.2) is 5.78 Å². The zero-order chi connectivity index (χ0) is 21.2. The van der Waals surface area contributed by atoms with E-state index >= 15 is 4.39 Å². The lowest BCUT2D eigenvalue weighted by atomic mass is 9.41. The van der Waals surface area contributed by atoms with Crippen LogP contribution >= 0.6 is 0 Å². The number of rotatable bonds is 7. The van der Waals surface area contributed by atoms with Crippen LogP contribution in [-0.2, 0) is 4.79 Å². The minimum absolute atomic E-state index is 0.359. The lowest BCUT2D eigenvalue weighted by Crippen LogP contribution is -2.69. The molecule has 1 nitrogen and oxygen atoms in total. The van der Waals surface area contributed by atoms with E-state index in [4.69, 9.17) is 0 Å². The largest absolute Gasteiger partial charge is 0.298 e. The minimum atomic E-state index is -0.838. The van der Waals surface area contributed by atoms with E-state index < -0.39 is 17.0 Å². The fraction of sp³-hybridized carbons (Fsp3) is 0.964. The molecule has 4 aliphatic carbocycles. The third-order valence-electron chi connectivity index (χ3n) is 10.3. The van der Waals surface area contributed by atoms with Gasteiger partial charge in [-0.05, 0) is 87.9 Å². The molecule has 0 amide bonds. The standard InChI is InChI=1S/C28H47FO/c1-3-5-7-21-9-11-23(12-10-21)24-15-19-28(20-16-24)25(29)27(26(28)30)17-13-22(14-18-27)8-6-4-2/h21-25H,3-20H2,1-2H3/t21?,22?,23?,24?,25-,27?,28?/m1/s1. The number of hydrogen-bond donors (Lipinski definition) is 0. The van der Waals surface area contributed by atoms with Crippen molar-refractivity contribution in [1.29, 1.82) is 0 Å². The van der Waals surface area contributed by atoms with Crippen LogP contribution in [-0.4, -0.2) is 12.0 Å². The predicted octanol–water partition coefficient (Wildman–Crippen LogP) is 8.45. The van der Waals surface area contributed by atoms with E-state index in [9.17, 15) is 4.79 Å². The van der Waals surface area contributed by atoms with Gasteiger partial charge in [-0.25, -0.2) is 4.39 Å². The molecule has 0 aliphatic heterocycles. The highest BCUT2D eigenvalue weighted by Crippen LogP contribution is 2.66. The van der Waals surface area contributed by atoms with E-state index in [0.29, 0.717) is 5.78 Å². The average Bonchev–Trinajstić information content (AvgIpc) is 2.81. The second-order valence-electron chi connectivity index (χ2n) is 11.9. The Bertz CT molecular complexity index is 559. The van der Waals surface area contributed by atoms with E-state index in [-0.39, 0.29) is 0 Å². The minimum Gasteiger partial charge on any atom is -0.298 e. The molecule has 0 heterocycles. The molecule has 0 aromatic rings. The Balaban J connectivity index is 1.26. The van der Waals surface area contributed by atoms with Gasteiger partial charge >= 0.3 is 0 Å². The van der Waals surface area contributed by atoms with Crippen LogP contribution in [0.15, 0.2) is 0 Å². The Morgan fingerprint density at radius 1 is 0.700 bits per heavy atom. The van der Waals surface area contributed by atoms with Gasteiger partial charge in [0.1, 0.15) is 6.17 Å². The van der Waals surface area contributed by atoms with Crippen LogP contribution < -0.4 is 0 Å². The highest BCUT2D eigenvalue weighted by molar-refractivity contribution is 5.98. The van der Waals surface area contributed by atoms with E-state index in [1.165, 1.54) is 64.2 Å². The van der Waals surface area contributed by atoms with Crippen LogP contribution in [0.3, 0.4) is 0 Å². The van der Waals surface area contributed by atoms with E-state index in [1.54, 1.807) is 0 Å². The van der Waals surface area contributed by atoms with Gasteiger partial charge in [0.25, 0.3) is 0 Å². The van der Waals surface area contributed by atoms with Crippen molar-refractivity contribution in [2.24, 2.45) is 34.5 Å². The zero-order valence-electron chi connectivity index (χ0n) is 19.9. The molecule has 0 bridgehead atoms. The topological polar surface area (TPSA) is 17.1 Å². The quantitative estimate of drug-likeness (QED) is 0.405. The Morgan fingerprint density at radius 2 is 1.13 bits per heavy atom. The van der Waals surface area contributed by atoms with Gasteiger partial charge in [-0.1, -0.05) is 65.2 Å². The van der Waals surface area contributed by atoms with Crippen LogP contribution in [0.25, 0.3) is 0 Å². The van der Waals surface area contributed by atoms with Crippen LogP contribution in [0.2, 0.25) is 0 Å². The fourth-order valence-electron chi connectivity index (χ4n) is 8.18. The third-order valence-corrected chi connectivity index (χ3v) is 10.3. The van der Waals surface area contributed by atoms with Gasteiger partial charge in [-0.15, -0.1) is 0 Å². The van der Waals surface area contributed by atoms with E-state index in [1.807, 2.05) is 0 Å². The molecule has 0 aromatic carbocycles. The molecule has 0 unspecified atom stereocenters. The molecule has 0 N–H and O–H groups in total. The van der Waals surface area contributed by atoms with Crippen molar-refractivity contribution in [3.63, 3.8) is 0 Å². The Morgan fingerprint density at radius 3 is 1.60 bits per heavy atom. The first-order chi connectivity index (χ1) is 14.6. The van der Waals surface area contributed by atoms with Gasteiger partial charge in [0, 0.05) is 0 Å². The summed E-state index contributed by atoms with van der Waals surface area (Å²) < 4.78 is 15.7. The summed E-state index contributed by atoms with van der Waals surface area (Å²) in [5.74, 6) is 3.70. The van der Waals surface area contributed by atoms with Gasteiger partial charge in [0.05, 0.1) is 10.8 Å². The SMILES string of the molecule is CCCCC1CCC(C2CCC3(CC2)C(=O)C2(CCC(CCCC)CC2)[C@H]3F)CC1. The van der Waals surface area contributed by atoms with Crippen molar-refractivity contribution >= 4 is 5.78 Å². The molecule has 0 aromatic heterocycles. The van der Waals surface area contributed by atoms with Crippen molar-refractivity contribution < 1.29 is 9.18 Å².